The van der Waals surface area contributed by atoms with Crippen molar-refractivity contribution in [3.63, 3.8) is 0 Å². The molecule has 0 saturated heterocycles. The lowest BCUT2D eigenvalue weighted by Gasteiger charge is -2.10. The van der Waals surface area contributed by atoms with Crippen molar-refractivity contribution in [3.8, 4) is 11.3 Å². The quantitative estimate of drug-likeness (QED) is 0.769. The van der Waals surface area contributed by atoms with Gasteiger partial charge in [0.05, 0.1) is 5.69 Å². The molecule has 132 valence electrons. The molecule has 0 unspecified atom stereocenters. The van der Waals surface area contributed by atoms with Crippen LogP contribution in [0.3, 0.4) is 0 Å². The first kappa shape index (κ1) is 17.6. The number of hydrogen-bond acceptors (Lipinski definition) is 3. The molecule has 5 nitrogen and oxygen atoms in total. The molecule has 2 aromatic carbocycles. The van der Waals surface area contributed by atoms with Crippen molar-refractivity contribution < 1.29 is 4.79 Å². The Kier molecular flexibility index (Phi) is 5.27. The van der Waals surface area contributed by atoms with Gasteiger partial charge in [-0.3, -0.25) is 9.59 Å². The van der Waals surface area contributed by atoms with Gasteiger partial charge in [0.15, 0.2) is 0 Å². The van der Waals surface area contributed by atoms with Crippen LogP contribution in [0.1, 0.15) is 18.1 Å². The summed E-state index contributed by atoms with van der Waals surface area (Å²) in [6.45, 7) is 3.93. The third-order valence-electron chi connectivity index (χ3n) is 4.23. The molecule has 1 heterocycles. The maximum atomic E-state index is 12.3. The van der Waals surface area contributed by atoms with Crippen LogP contribution in [-0.2, 0) is 17.8 Å². The summed E-state index contributed by atoms with van der Waals surface area (Å²) >= 11 is 0. The summed E-state index contributed by atoms with van der Waals surface area (Å²) in [5.41, 5.74) is 4.27. The largest absolute Gasteiger partial charge is 0.324 e. The molecule has 0 atom stereocenters. The van der Waals surface area contributed by atoms with Crippen LogP contribution in [0.4, 0.5) is 5.69 Å². The molecule has 0 bridgehead atoms. The third kappa shape index (κ3) is 4.06. The van der Waals surface area contributed by atoms with E-state index in [-0.39, 0.29) is 18.0 Å². The topological polar surface area (TPSA) is 64.0 Å². The molecule has 26 heavy (non-hydrogen) atoms. The fourth-order valence-corrected chi connectivity index (χ4v) is 2.73. The fourth-order valence-electron chi connectivity index (χ4n) is 2.73. The predicted octanol–water partition coefficient (Wildman–Crippen LogP) is 3.42. The Labute approximate surface area is 152 Å². The highest BCUT2D eigenvalue weighted by Gasteiger charge is 2.09. The lowest BCUT2D eigenvalue weighted by molar-refractivity contribution is -0.117. The maximum Gasteiger partial charge on any atom is 0.267 e. The van der Waals surface area contributed by atoms with Crippen LogP contribution in [0.15, 0.2) is 65.5 Å². The average Bonchev–Trinajstić information content (AvgIpc) is 2.65. The Morgan fingerprint density at radius 2 is 1.77 bits per heavy atom. The summed E-state index contributed by atoms with van der Waals surface area (Å²) in [6.07, 6.45) is 0.944. The summed E-state index contributed by atoms with van der Waals surface area (Å²) < 4.78 is 1.19. The molecule has 3 rings (SSSR count). The van der Waals surface area contributed by atoms with E-state index >= 15 is 0 Å². The van der Waals surface area contributed by atoms with E-state index in [1.807, 2.05) is 55.5 Å². The number of amides is 1. The molecule has 0 spiro atoms. The number of carbonyl (C=O) groups is 1. The average molecular weight is 347 g/mol. The number of carbonyl (C=O) groups excluding carboxylic acids is 1. The van der Waals surface area contributed by atoms with Crippen LogP contribution in [0, 0.1) is 6.92 Å². The molecule has 0 aliphatic carbocycles. The van der Waals surface area contributed by atoms with Gasteiger partial charge in [-0.2, -0.15) is 5.10 Å². The molecule has 3 aromatic rings. The zero-order valence-electron chi connectivity index (χ0n) is 14.9. The SMILES string of the molecule is CCc1ccc(NC(=O)Cn2nc(-c3ccccc3C)ccc2=O)cc1. The minimum Gasteiger partial charge on any atom is -0.324 e. The normalized spacial score (nSPS) is 10.5. The zero-order valence-corrected chi connectivity index (χ0v) is 14.9. The summed E-state index contributed by atoms with van der Waals surface area (Å²) in [5.74, 6) is -0.286. The van der Waals surface area contributed by atoms with E-state index in [2.05, 4.69) is 17.3 Å². The number of anilines is 1. The minimum absolute atomic E-state index is 0.131. The Morgan fingerprint density at radius 3 is 2.46 bits per heavy atom. The van der Waals surface area contributed by atoms with Crippen molar-refractivity contribution in [1.29, 1.82) is 0 Å². The van der Waals surface area contributed by atoms with Crippen LogP contribution in [0.25, 0.3) is 11.3 Å². The van der Waals surface area contributed by atoms with Crippen LogP contribution >= 0.6 is 0 Å². The first-order valence-electron chi connectivity index (χ1n) is 8.60. The number of nitrogens with one attached hydrogen (secondary N) is 1. The third-order valence-corrected chi connectivity index (χ3v) is 4.23. The van der Waals surface area contributed by atoms with E-state index in [0.717, 1.165) is 17.5 Å². The van der Waals surface area contributed by atoms with Gasteiger partial charge in [-0.05, 0) is 42.7 Å². The van der Waals surface area contributed by atoms with E-state index < -0.39 is 0 Å². The van der Waals surface area contributed by atoms with E-state index in [0.29, 0.717) is 11.4 Å². The van der Waals surface area contributed by atoms with Gasteiger partial charge in [0.25, 0.3) is 5.56 Å². The molecule has 5 heteroatoms. The van der Waals surface area contributed by atoms with E-state index in [1.165, 1.54) is 16.3 Å². The predicted molar refractivity (Wildman–Crippen MR) is 103 cm³/mol. The maximum absolute atomic E-state index is 12.3. The number of nitrogens with zero attached hydrogens (tertiary/aromatic N) is 2. The second-order valence-electron chi connectivity index (χ2n) is 6.13. The number of rotatable bonds is 5. The standard InChI is InChI=1S/C21H21N3O2/c1-3-16-8-10-17(11-9-16)22-20(25)14-24-21(26)13-12-19(23-24)18-7-5-4-6-15(18)2/h4-13H,3,14H2,1-2H3,(H,22,25). The van der Waals surface area contributed by atoms with Crippen LogP contribution in [0.5, 0.6) is 0 Å². The Bertz CT molecular complexity index is 975. The fraction of sp³-hybridized carbons (Fsp3) is 0.190. The van der Waals surface area contributed by atoms with Gasteiger partial charge in [0.1, 0.15) is 6.54 Å². The first-order valence-corrected chi connectivity index (χ1v) is 8.60. The highest BCUT2D eigenvalue weighted by atomic mass is 16.2. The van der Waals surface area contributed by atoms with Crippen molar-refractivity contribution in [3.05, 3.63) is 82.1 Å². The summed E-state index contributed by atoms with van der Waals surface area (Å²) in [7, 11) is 0. The number of aryl methyl sites for hydroxylation is 2. The molecule has 0 saturated carbocycles. The van der Waals surface area contributed by atoms with Crippen molar-refractivity contribution in [2.45, 2.75) is 26.8 Å². The molecular weight excluding hydrogens is 326 g/mol. The van der Waals surface area contributed by atoms with Crippen molar-refractivity contribution in [2.24, 2.45) is 0 Å². The van der Waals surface area contributed by atoms with Gasteiger partial charge in [-0.25, -0.2) is 4.68 Å². The number of benzene rings is 2. The Morgan fingerprint density at radius 1 is 1.04 bits per heavy atom. The van der Waals surface area contributed by atoms with E-state index in [1.54, 1.807) is 6.07 Å². The number of hydrogen-bond donors (Lipinski definition) is 1. The molecule has 0 aliphatic heterocycles. The molecule has 1 aromatic heterocycles. The summed E-state index contributed by atoms with van der Waals surface area (Å²) in [6, 6.07) is 18.6. The lowest BCUT2D eigenvalue weighted by Crippen LogP contribution is -2.29. The van der Waals surface area contributed by atoms with Gasteiger partial charge >= 0.3 is 0 Å². The first-order chi connectivity index (χ1) is 12.6. The van der Waals surface area contributed by atoms with Gasteiger partial charge in [0, 0.05) is 17.3 Å². The second kappa shape index (κ2) is 7.78. The summed E-state index contributed by atoms with van der Waals surface area (Å²) in [4.78, 5) is 24.4. The molecule has 0 radical (unpaired) electrons. The lowest BCUT2D eigenvalue weighted by atomic mass is 10.1. The Balaban J connectivity index is 1.78. The number of aromatic nitrogens is 2. The zero-order chi connectivity index (χ0) is 18.5. The van der Waals surface area contributed by atoms with Gasteiger partial charge in [0.2, 0.25) is 5.91 Å². The molecule has 1 N–H and O–H groups in total. The van der Waals surface area contributed by atoms with Crippen molar-refractivity contribution in [2.75, 3.05) is 5.32 Å². The van der Waals surface area contributed by atoms with Gasteiger partial charge < -0.3 is 5.32 Å². The second-order valence-corrected chi connectivity index (χ2v) is 6.13. The van der Waals surface area contributed by atoms with Crippen LogP contribution in [0.2, 0.25) is 0 Å². The van der Waals surface area contributed by atoms with Gasteiger partial charge in [-0.15, -0.1) is 0 Å². The van der Waals surface area contributed by atoms with Crippen LogP contribution < -0.4 is 10.9 Å². The smallest absolute Gasteiger partial charge is 0.267 e. The van der Waals surface area contributed by atoms with E-state index in [4.69, 9.17) is 0 Å². The van der Waals surface area contributed by atoms with Crippen LogP contribution in [-0.4, -0.2) is 15.7 Å². The molecular formula is C21H21N3O2. The van der Waals surface area contributed by atoms with Crippen molar-refractivity contribution in [1.82, 2.24) is 9.78 Å². The summed E-state index contributed by atoms with van der Waals surface area (Å²) in [5, 5.41) is 7.16. The highest BCUT2D eigenvalue weighted by molar-refractivity contribution is 5.90. The van der Waals surface area contributed by atoms with Crippen molar-refractivity contribution >= 4 is 11.6 Å². The molecule has 1 amide bonds. The van der Waals surface area contributed by atoms with Gasteiger partial charge in [-0.1, -0.05) is 43.3 Å². The monoisotopic (exact) mass is 347 g/mol. The molecule has 0 aliphatic rings. The minimum atomic E-state index is -0.307. The van der Waals surface area contributed by atoms with E-state index in [9.17, 15) is 9.59 Å². The highest BCUT2D eigenvalue weighted by Crippen LogP contribution is 2.19. The molecule has 0 fully saturated rings. The Hall–Kier alpha value is -3.21.